The minimum Gasteiger partial charge on any atom is -0.373 e. The molecule has 1 aromatic rings. The quantitative estimate of drug-likeness (QED) is 0.609. The minimum atomic E-state index is -0.231. The summed E-state index contributed by atoms with van der Waals surface area (Å²) in [5, 5.41) is 7.84. The third-order valence-corrected chi connectivity index (χ3v) is 6.08. The summed E-state index contributed by atoms with van der Waals surface area (Å²) in [4.78, 5) is 29.6. The lowest BCUT2D eigenvalue weighted by molar-refractivity contribution is -0.139. The molecule has 1 aliphatic carbocycles. The smallest absolute Gasteiger partial charge is 0.245 e. The molecule has 1 N–H and O–H groups in total. The molecule has 1 saturated heterocycles. The fourth-order valence-corrected chi connectivity index (χ4v) is 4.58. The zero-order valence-electron chi connectivity index (χ0n) is 21.0. The highest BCUT2D eigenvalue weighted by molar-refractivity contribution is 6.65. The van der Waals surface area contributed by atoms with Gasteiger partial charge in [0.25, 0.3) is 0 Å². The molecule has 0 aromatic carbocycles. The van der Waals surface area contributed by atoms with E-state index in [1.165, 1.54) is 0 Å². The largest absolute Gasteiger partial charge is 0.373 e. The van der Waals surface area contributed by atoms with Gasteiger partial charge in [-0.05, 0) is 56.2 Å². The maximum absolute atomic E-state index is 12.5. The number of rotatable bonds is 5. The van der Waals surface area contributed by atoms with E-state index in [4.69, 9.17) is 11.6 Å². The molecule has 3 heterocycles. The van der Waals surface area contributed by atoms with E-state index < -0.39 is 0 Å². The van der Waals surface area contributed by atoms with Gasteiger partial charge < -0.3 is 15.0 Å². The van der Waals surface area contributed by atoms with Gasteiger partial charge in [-0.3, -0.25) is 9.48 Å². The predicted molar refractivity (Wildman–Crippen MR) is 137 cm³/mol. The topological polar surface area (TPSA) is 79.6 Å². The number of aromatic nitrogens is 2. The van der Waals surface area contributed by atoms with Crippen molar-refractivity contribution >= 4 is 35.0 Å². The van der Waals surface area contributed by atoms with Crippen molar-refractivity contribution in [2.45, 2.75) is 85.4 Å². The molecule has 4 rings (SSSR count). The number of hydrogen-bond acceptors (Lipinski definition) is 5. The van der Waals surface area contributed by atoms with Crippen molar-refractivity contribution in [2.75, 3.05) is 7.05 Å². The Balaban J connectivity index is 0.000000352. The van der Waals surface area contributed by atoms with Crippen LogP contribution in [0.3, 0.4) is 0 Å². The fraction of sp³-hybridized carbons (Fsp3) is 0.600. The summed E-state index contributed by atoms with van der Waals surface area (Å²) in [7, 11) is 1.84. The van der Waals surface area contributed by atoms with Gasteiger partial charge in [-0.2, -0.15) is 5.10 Å². The lowest BCUT2D eigenvalue weighted by atomic mass is 10.00. The minimum absolute atomic E-state index is 0.0134. The standard InChI is InChI=1S/C15H19N3O2.C6H9ClN2.2C2H6/c1-3-13-10(2)7-16-17(13)8-15(20)18-12-5-4-11(6-12)14(18)9-19;1-8-6-4-2-3-5(7)9-6;2*1-2/h3,7,9,11-12,14H,1,4-6,8H2,2H3;4,8H,2-3H2,1H3;2*1-2H3. The van der Waals surface area contributed by atoms with Crippen LogP contribution in [-0.4, -0.2) is 51.2 Å². The summed E-state index contributed by atoms with van der Waals surface area (Å²) in [6.45, 7) is 13.9. The van der Waals surface area contributed by atoms with Gasteiger partial charge in [0.15, 0.2) is 0 Å². The van der Waals surface area contributed by atoms with Crippen molar-refractivity contribution in [3.8, 4) is 0 Å². The number of likely N-dealkylation sites (tertiary alicyclic amines) is 1. The Kier molecular flexibility index (Phi) is 12.7. The van der Waals surface area contributed by atoms with Crippen molar-refractivity contribution in [3.05, 3.63) is 35.9 Å². The molecule has 0 radical (unpaired) electrons. The molecule has 8 heteroatoms. The van der Waals surface area contributed by atoms with Gasteiger partial charge in [0.05, 0.1) is 17.9 Å². The van der Waals surface area contributed by atoms with Crippen molar-refractivity contribution in [1.29, 1.82) is 0 Å². The number of aliphatic imine (C=N–C) groups is 1. The number of amides is 1. The third kappa shape index (κ3) is 7.29. The number of carbonyl (C=O) groups is 2. The Hall–Kier alpha value is -2.41. The molecular weight excluding hydrogens is 438 g/mol. The van der Waals surface area contributed by atoms with E-state index in [-0.39, 0.29) is 24.5 Å². The molecule has 7 nitrogen and oxygen atoms in total. The fourth-order valence-electron chi connectivity index (χ4n) is 4.38. The first-order valence-electron chi connectivity index (χ1n) is 12.0. The number of aldehydes is 1. The molecule has 2 fully saturated rings. The third-order valence-electron chi connectivity index (χ3n) is 5.81. The number of halogens is 1. The van der Waals surface area contributed by atoms with E-state index in [1.54, 1.807) is 21.9 Å². The highest BCUT2D eigenvalue weighted by atomic mass is 35.5. The highest BCUT2D eigenvalue weighted by Crippen LogP contribution is 2.41. The van der Waals surface area contributed by atoms with E-state index in [0.29, 0.717) is 11.1 Å². The lowest BCUT2D eigenvalue weighted by Crippen LogP contribution is -2.47. The molecule has 3 atom stereocenters. The number of allylic oxidation sites excluding steroid dienone is 1. The zero-order chi connectivity index (χ0) is 25.0. The maximum Gasteiger partial charge on any atom is 0.245 e. The van der Waals surface area contributed by atoms with Crippen molar-refractivity contribution in [2.24, 2.45) is 10.9 Å². The van der Waals surface area contributed by atoms with Crippen molar-refractivity contribution < 1.29 is 9.59 Å². The van der Waals surface area contributed by atoms with Crippen LogP contribution in [-0.2, 0) is 16.1 Å². The Bertz CT molecular complexity index is 846. The van der Waals surface area contributed by atoms with Crippen LogP contribution in [0.5, 0.6) is 0 Å². The molecule has 33 heavy (non-hydrogen) atoms. The maximum atomic E-state index is 12.5. The van der Waals surface area contributed by atoms with Crippen LogP contribution >= 0.6 is 11.6 Å². The van der Waals surface area contributed by atoms with Crippen LogP contribution in [0.1, 0.15) is 71.1 Å². The molecule has 2 bridgehead atoms. The first-order valence-corrected chi connectivity index (χ1v) is 12.4. The van der Waals surface area contributed by atoms with E-state index in [0.717, 1.165) is 55.5 Å². The number of aryl methyl sites for hydroxylation is 1. The van der Waals surface area contributed by atoms with Gasteiger partial charge in [0.2, 0.25) is 5.91 Å². The summed E-state index contributed by atoms with van der Waals surface area (Å²) < 4.78 is 1.67. The second-order valence-electron chi connectivity index (χ2n) is 7.60. The molecule has 1 aromatic heterocycles. The molecule has 2 aliphatic heterocycles. The summed E-state index contributed by atoms with van der Waals surface area (Å²) >= 11 is 5.66. The molecular formula is C25H40ClN5O2. The van der Waals surface area contributed by atoms with E-state index in [9.17, 15) is 9.59 Å². The van der Waals surface area contributed by atoms with E-state index in [2.05, 4.69) is 22.0 Å². The Morgan fingerprint density at radius 3 is 2.55 bits per heavy atom. The summed E-state index contributed by atoms with van der Waals surface area (Å²) in [6, 6.07) is 0.0108. The molecule has 1 amide bonds. The molecule has 3 unspecified atom stereocenters. The Morgan fingerprint density at radius 2 is 2.00 bits per heavy atom. The van der Waals surface area contributed by atoms with Gasteiger partial charge >= 0.3 is 0 Å². The average molecular weight is 478 g/mol. The van der Waals surface area contributed by atoms with Gasteiger partial charge in [-0.25, -0.2) is 4.99 Å². The van der Waals surface area contributed by atoms with Gasteiger partial charge in [-0.15, -0.1) is 0 Å². The number of hydrogen-bond donors (Lipinski definition) is 1. The second-order valence-corrected chi connectivity index (χ2v) is 8.03. The first-order chi connectivity index (χ1) is 16.0. The van der Waals surface area contributed by atoms with Gasteiger partial charge in [0.1, 0.15) is 23.8 Å². The number of carbonyl (C=O) groups excluding carboxylic acids is 2. The molecule has 0 spiro atoms. The lowest BCUT2D eigenvalue weighted by Gasteiger charge is -2.32. The van der Waals surface area contributed by atoms with Crippen LogP contribution in [0, 0.1) is 12.8 Å². The second kappa shape index (κ2) is 14.7. The Labute approximate surface area is 204 Å². The van der Waals surface area contributed by atoms with E-state index >= 15 is 0 Å². The number of fused-ring (bicyclic) bond motifs is 2. The van der Waals surface area contributed by atoms with E-state index in [1.807, 2.05) is 47.7 Å². The molecule has 184 valence electrons. The van der Waals surface area contributed by atoms with Crippen molar-refractivity contribution in [1.82, 2.24) is 20.0 Å². The number of nitrogens with one attached hydrogen (secondary N) is 1. The Morgan fingerprint density at radius 1 is 1.30 bits per heavy atom. The number of piperidine rings is 1. The monoisotopic (exact) mass is 477 g/mol. The average Bonchev–Trinajstić information content (AvgIpc) is 3.56. The summed E-state index contributed by atoms with van der Waals surface area (Å²) in [6.07, 6.45) is 11.4. The van der Waals surface area contributed by atoms with Gasteiger partial charge in [0, 0.05) is 19.5 Å². The van der Waals surface area contributed by atoms with Crippen LogP contribution in [0.4, 0.5) is 0 Å². The summed E-state index contributed by atoms with van der Waals surface area (Å²) in [5.41, 5.74) is 1.87. The first kappa shape index (κ1) is 28.6. The summed E-state index contributed by atoms with van der Waals surface area (Å²) in [5.74, 6) is 1.23. The van der Waals surface area contributed by atoms with Crippen LogP contribution < -0.4 is 5.32 Å². The van der Waals surface area contributed by atoms with Crippen molar-refractivity contribution in [3.63, 3.8) is 0 Å². The van der Waals surface area contributed by atoms with Crippen LogP contribution in [0.25, 0.3) is 6.08 Å². The van der Waals surface area contributed by atoms with Crippen LogP contribution in [0.15, 0.2) is 29.7 Å². The zero-order valence-corrected chi connectivity index (χ0v) is 21.7. The SMILES string of the molecule is C=Cc1c(C)cnn1CC(=O)N1C2CCC(C2)C1C=O.CC.CC.CNC1=CCCC(Cl)=N1. The highest BCUT2D eigenvalue weighted by Gasteiger charge is 2.47. The van der Waals surface area contributed by atoms with Gasteiger partial charge in [-0.1, -0.05) is 45.9 Å². The predicted octanol–water partition coefficient (Wildman–Crippen LogP) is 4.94. The molecule has 3 aliphatic rings. The normalized spacial score (nSPS) is 22.3. The van der Waals surface area contributed by atoms with Crippen LogP contribution in [0.2, 0.25) is 0 Å². The number of nitrogens with zero attached hydrogens (tertiary/aromatic N) is 4. The molecule has 1 saturated carbocycles.